The molecule has 0 bridgehead atoms. The van der Waals surface area contributed by atoms with Crippen molar-refractivity contribution in [3.63, 3.8) is 0 Å². The Morgan fingerprint density at radius 3 is 2.47 bits per heavy atom. The Morgan fingerprint density at radius 1 is 1.37 bits per heavy atom. The molecular formula is C11H8Br2F3NOS. The van der Waals surface area contributed by atoms with E-state index < -0.39 is 11.7 Å². The molecule has 0 aromatic carbocycles. The van der Waals surface area contributed by atoms with Gasteiger partial charge in [0.15, 0.2) is 0 Å². The fourth-order valence-corrected chi connectivity index (χ4v) is 3.72. The third-order valence-corrected chi connectivity index (χ3v) is 5.96. The maximum Gasteiger partial charge on any atom is 0.412 e. The minimum atomic E-state index is -4.29. The predicted octanol–water partition coefficient (Wildman–Crippen LogP) is 4.61. The number of halogens is 5. The monoisotopic (exact) mass is 417 g/mol. The van der Waals surface area contributed by atoms with Gasteiger partial charge in [0.1, 0.15) is 0 Å². The normalized spacial score (nSPS) is 16.5. The molecule has 0 spiro atoms. The van der Waals surface area contributed by atoms with Gasteiger partial charge < -0.3 is 4.90 Å². The quantitative estimate of drug-likeness (QED) is 0.610. The van der Waals surface area contributed by atoms with Crippen LogP contribution < -0.4 is 0 Å². The zero-order chi connectivity index (χ0) is 14.2. The molecule has 0 fully saturated rings. The third kappa shape index (κ3) is 3.41. The molecule has 19 heavy (non-hydrogen) atoms. The van der Waals surface area contributed by atoms with Crippen LogP contribution in [-0.2, 0) is 0 Å². The number of nitrogens with zero attached hydrogens (tertiary/aromatic N) is 1. The topological polar surface area (TPSA) is 20.3 Å². The summed E-state index contributed by atoms with van der Waals surface area (Å²) in [7, 11) is 0. The van der Waals surface area contributed by atoms with E-state index in [0.29, 0.717) is 4.88 Å². The van der Waals surface area contributed by atoms with Crippen LogP contribution in [0.2, 0.25) is 0 Å². The number of hydrogen-bond acceptors (Lipinski definition) is 2. The van der Waals surface area contributed by atoms with Crippen LogP contribution in [0.25, 0.3) is 0 Å². The van der Waals surface area contributed by atoms with Crippen LogP contribution in [-0.4, -0.2) is 30.1 Å². The fraction of sp³-hybridized carbons (Fsp3) is 0.364. The molecule has 104 valence electrons. The van der Waals surface area contributed by atoms with Gasteiger partial charge >= 0.3 is 6.18 Å². The van der Waals surface area contributed by atoms with Gasteiger partial charge in [0.25, 0.3) is 5.91 Å². The summed E-state index contributed by atoms with van der Waals surface area (Å²) in [6.07, 6.45) is -3.35. The SMILES string of the molecule is O=C(c1cc(Br)c(Br)s1)N1CC=C(C(F)(F)F)CC1. The summed E-state index contributed by atoms with van der Waals surface area (Å²) in [6, 6.07) is 1.67. The van der Waals surface area contributed by atoms with E-state index in [0.717, 1.165) is 14.3 Å². The lowest BCUT2D eigenvalue weighted by Gasteiger charge is -2.26. The second kappa shape index (κ2) is 5.57. The predicted molar refractivity (Wildman–Crippen MR) is 74.4 cm³/mol. The lowest BCUT2D eigenvalue weighted by Crippen LogP contribution is -2.36. The van der Waals surface area contributed by atoms with Gasteiger partial charge in [-0.3, -0.25) is 4.79 Å². The number of amides is 1. The summed E-state index contributed by atoms with van der Waals surface area (Å²) in [5, 5.41) is 0. The lowest BCUT2D eigenvalue weighted by atomic mass is 10.1. The maximum atomic E-state index is 12.5. The van der Waals surface area contributed by atoms with Crippen LogP contribution in [0, 0.1) is 0 Å². The van der Waals surface area contributed by atoms with Crippen molar-refractivity contribution < 1.29 is 18.0 Å². The van der Waals surface area contributed by atoms with Crippen LogP contribution in [0.5, 0.6) is 0 Å². The molecule has 2 heterocycles. The summed E-state index contributed by atoms with van der Waals surface area (Å²) >= 11 is 7.82. The minimum absolute atomic E-state index is 0.000808. The summed E-state index contributed by atoms with van der Waals surface area (Å²) in [5.74, 6) is -0.242. The van der Waals surface area contributed by atoms with Crippen LogP contribution >= 0.6 is 43.2 Å². The van der Waals surface area contributed by atoms with Gasteiger partial charge in [-0.1, -0.05) is 6.08 Å². The number of rotatable bonds is 1. The summed E-state index contributed by atoms with van der Waals surface area (Å²) in [5.41, 5.74) is -0.551. The Morgan fingerprint density at radius 2 is 2.05 bits per heavy atom. The average molecular weight is 419 g/mol. The van der Waals surface area contributed by atoms with Crippen molar-refractivity contribution >= 4 is 49.1 Å². The van der Waals surface area contributed by atoms with Crippen molar-refractivity contribution in [2.75, 3.05) is 13.1 Å². The highest BCUT2D eigenvalue weighted by Crippen LogP contribution is 2.34. The zero-order valence-corrected chi connectivity index (χ0v) is 13.4. The second-order valence-electron chi connectivity index (χ2n) is 3.96. The Kier molecular flexibility index (Phi) is 4.42. The Hall–Kier alpha value is -0.340. The van der Waals surface area contributed by atoms with E-state index in [1.54, 1.807) is 6.07 Å². The van der Waals surface area contributed by atoms with E-state index in [-0.39, 0.29) is 25.4 Å². The lowest BCUT2D eigenvalue weighted by molar-refractivity contribution is -0.0957. The molecule has 2 rings (SSSR count). The molecule has 1 aliphatic rings. The maximum absolute atomic E-state index is 12.5. The average Bonchev–Trinajstić information content (AvgIpc) is 2.68. The second-order valence-corrected chi connectivity index (χ2v) is 7.19. The summed E-state index contributed by atoms with van der Waals surface area (Å²) < 4.78 is 39.0. The first kappa shape index (κ1) is 15.1. The van der Waals surface area contributed by atoms with Gasteiger partial charge in [0, 0.05) is 23.1 Å². The Labute approximate surface area is 128 Å². The first-order chi connectivity index (χ1) is 8.79. The van der Waals surface area contributed by atoms with E-state index in [1.165, 1.54) is 16.2 Å². The molecule has 1 aliphatic heterocycles. The number of carbonyl (C=O) groups is 1. The molecule has 0 saturated carbocycles. The highest BCUT2D eigenvalue weighted by atomic mass is 79.9. The molecule has 0 N–H and O–H groups in total. The van der Waals surface area contributed by atoms with Crippen molar-refractivity contribution in [1.82, 2.24) is 4.90 Å². The molecule has 0 saturated heterocycles. The molecule has 0 unspecified atom stereocenters. The third-order valence-electron chi connectivity index (χ3n) is 2.72. The van der Waals surface area contributed by atoms with E-state index in [4.69, 9.17) is 0 Å². The first-order valence-electron chi connectivity index (χ1n) is 5.29. The molecule has 8 heteroatoms. The van der Waals surface area contributed by atoms with E-state index in [2.05, 4.69) is 31.9 Å². The fourth-order valence-electron chi connectivity index (χ4n) is 1.72. The van der Waals surface area contributed by atoms with Crippen LogP contribution in [0.4, 0.5) is 13.2 Å². The highest BCUT2D eigenvalue weighted by Gasteiger charge is 2.35. The van der Waals surface area contributed by atoms with Crippen molar-refractivity contribution in [2.45, 2.75) is 12.6 Å². The minimum Gasteiger partial charge on any atom is -0.334 e. The molecule has 0 radical (unpaired) electrons. The van der Waals surface area contributed by atoms with Gasteiger partial charge in [-0.15, -0.1) is 11.3 Å². The van der Waals surface area contributed by atoms with Gasteiger partial charge in [-0.2, -0.15) is 13.2 Å². The summed E-state index contributed by atoms with van der Waals surface area (Å²) in [6.45, 7) is 0.0954. The van der Waals surface area contributed by atoms with Crippen LogP contribution in [0.1, 0.15) is 16.1 Å². The largest absolute Gasteiger partial charge is 0.412 e. The molecule has 0 aliphatic carbocycles. The van der Waals surface area contributed by atoms with Crippen LogP contribution in [0.3, 0.4) is 0 Å². The van der Waals surface area contributed by atoms with Crippen molar-refractivity contribution in [2.24, 2.45) is 0 Å². The van der Waals surface area contributed by atoms with E-state index >= 15 is 0 Å². The van der Waals surface area contributed by atoms with Gasteiger partial charge in [-0.25, -0.2) is 0 Å². The molecule has 1 aromatic rings. The van der Waals surface area contributed by atoms with Gasteiger partial charge in [-0.05, 0) is 44.3 Å². The number of thiophene rings is 1. The van der Waals surface area contributed by atoms with Crippen molar-refractivity contribution in [3.8, 4) is 0 Å². The Bertz CT molecular complexity index is 519. The smallest absolute Gasteiger partial charge is 0.334 e. The highest BCUT2D eigenvalue weighted by molar-refractivity contribution is 9.13. The number of carbonyl (C=O) groups excluding carboxylic acids is 1. The molecule has 1 aromatic heterocycles. The van der Waals surface area contributed by atoms with Gasteiger partial charge in [0.2, 0.25) is 0 Å². The van der Waals surface area contributed by atoms with E-state index in [1.807, 2.05) is 0 Å². The van der Waals surface area contributed by atoms with Gasteiger partial charge in [0.05, 0.1) is 8.66 Å². The molecular weight excluding hydrogens is 411 g/mol. The van der Waals surface area contributed by atoms with Crippen LogP contribution in [0.15, 0.2) is 26.0 Å². The zero-order valence-electron chi connectivity index (χ0n) is 9.43. The molecule has 0 atom stereocenters. The molecule has 1 amide bonds. The standard InChI is InChI=1S/C11H8Br2F3NOS/c12-7-5-8(19-9(7)13)10(18)17-3-1-6(2-4-17)11(14,15)16/h1,5H,2-4H2. The summed E-state index contributed by atoms with van der Waals surface area (Å²) in [4.78, 5) is 14.0. The number of hydrogen-bond donors (Lipinski definition) is 0. The van der Waals surface area contributed by atoms with Crippen molar-refractivity contribution in [1.29, 1.82) is 0 Å². The van der Waals surface area contributed by atoms with Crippen molar-refractivity contribution in [3.05, 3.63) is 30.9 Å². The molecule has 2 nitrogen and oxygen atoms in total. The van der Waals surface area contributed by atoms with E-state index in [9.17, 15) is 18.0 Å². The first-order valence-corrected chi connectivity index (χ1v) is 7.69. The number of alkyl halides is 3. The Balaban J connectivity index is 2.10.